The molecule has 1 aromatic rings. The van der Waals surface area contributed by atoms with Gasteiger partial charge in [0, 0.05) is 13.2 Å². The van der Waals surface area contributed by atoms with Crippen molar-refractivity contribution in [2.45, 2.75) is 31.7 Å². The average molecular weight is 207 g/mol. The van der Waals surface area contributed by atoms with E-state index in [2.05, 4.69) is 15.5 Å². The van der Waals surface area contributed by atoms with E-state index in [1.165, 1.54) is 25.7 Å². The quantitative estimate of drug-likeness (QED) is 0.322. The topological polar surface area (TPSA) is 68.2 Å². The molecule has 2 rings (SSSR count). The van der Waals surface area contributed by atoms with Crippen LogP contribution >= 0.6 is 0 Å². The van der Waals surface area contributed by atoms with Crippen molar-refractivity contribution >= 4 is 5.84 Å². The fourth-order valence-corrected chi connectivity index (χ4v) is 1.95. The van der Waals surface area contributed by atoms with Crippen LogP contribution in [0.25, 0.3) is 0 Å². The number of hydrogen-bond acceptors (Lipinski definition) is 3. The highest BCUT2D eigenvalue weighted by Crippen LogP contribution is 2.21. The van der Waals surface area contributed by atoms with Gasteiger partial charge in [0.25, 0.3) is 0 Å². The fraction of sp³-hybridized carbons (Fsp3) is 0.600. The lowest BCUT2D eigenvalue weighted by Gasteiger charge is -2.07. The highest BCUT2D eigenvalue weighted by molar-refractivity contribution is 5.98. The molecule has 0 aromatic carbocycles. The predicted octanol–water partition coefficient (Wildman–Crippen LogP) is 0.573. The molecule has 5 heteroatoms. The molecule has 0 radical (unpaired) electrons. The Hall–Kier alpha value is -1.36. The number of hydrogen-bond donors (Lipinski definition) is 2. The second kappa shape index (κ2) is 4.44. The molecule has 1 aliphatic rings. The van der Waals surface area contributed by atoms with Crippen molar-refractivity contribution in [1.82, 2.24) is 15.2 Å². The molecule has 1 aromatic heterocycles. The zero-order valence-corrected chi connectivity index (χ0v) is 8.98. The molecule has 1 aliphatic carbocycles. The number of rotatable bonds is 2. The van der Waals surface area contributed by atoms with Crippen molar-refractivity contribution in [3.8, 4) is 0 Å². The molecule has 0 unspecified atom stereocenters. The lowest BCUT2D eigenvalue weighted by atomic mass is 10.2. The summed E-state index contributed by atoms with van der Waals surface area (Å²) in [6.45, 7) is 0. The molecule has 5 nitrogen and oxygen atoms in total. The normalized spacial score (nSPS) is 18.4. The van der Waals surface area contributed by atoms with Crippen molar-refractivity contribution in [2.75, 3.05) is 0 Å². The van der Waals surface area contributed by atoms with Crippen LogP contribution in [0.15, 0.2) is 17.4 Å². The van der Waals surface area contributed by atoms with Gasteiger partial charge < -0.3 is 5.43 Å². The Kier molecular flexibility index (Phi) is 3.01. The van der Waals surface area contributed by atoms with Crippen LogP contribution in [-0.4, -0.2) is 21.7 Å². The Morgan fingerprint density at radius 1 is 1.60 bits per heavy atom. The molecule has 0 spiro atoms. The molecule has 0 amide bonds. The smallest absolute Gasteiger partial charge is 0.145 e. The van der Waals surface area contributed by atoms with Gasteiger partial charge in [-0.05, 0) is 12.8 Å². The number of nitrogens with one attached hydrogen (secondary N) is 1. The molecule has 0 bridgehead atoms. The van der Waals surface area contributed by atoms with Gasteiger partial charge in [0.2, 0.25) is 0 Å². The van der Waals surface area contributed by atoms with Crippen LogP contribution in [0.3, 0.4) is 0 Å². The highest BCUT2D eigenvalue weighted by Gasteiger charge is 2.15. The van der Waals surface area contributed by atoms with Gasteiger partial charge in [-0.15, -0.1) is 0 Å². The lowest BCUT2D eigenvalue weighted by Crippen LogP contribution is -2.32. The summed E-state index contributed by atoms with van der Waals surface area (Å²) in [6.07, 6.45) is 8.58. The molecule has 1 saturated carbocycles. The Morgan fingerprint density at radius 2 is 2.33 bits per heavy atom. The van der Waals surface area contributed by atoms with Crippen molar-refractivity contribution in [3.63, 3.8) is 0 Å². The highest BCUT2D eigenvalue weighted by atomic mass is 15.3. The van der Waals surface area contributed by atoms with E-state index in [1.54, 1.807) is 10.9 Å². The van der Waals surface area contributed by atoms with E-state index < -0.39 is 0 Å². The van der Waals surface area contributed by atoms with Crippen LogP contribution < -0.4 is 11.3 Å². The van der Waals surface area contributed by atoms with E-state index in [4.69, 9.17) is 5.84 Å². The van der Waals surface area contributed by atoms with E-state index >= 15 is 0 Å². The minimum Gasteiger partial charge on any atom is -0.308 e. The largest absolute Gasteiger partial charge is 0.308 e. The molecule has 15 heavy (non-hydrogen) atoms. The summed E-state index contributed by atoms with van der Waals surface area (Å²) < 4.78 is 1.75. The maximum absolute atomic E-state index is 5.47. The van der Waals surface area contributed by atoms with Gasteiger partial charge in [0.15, 0.2) is 0 Å². The van der Waals surface area contributed by atoms with Gasteiger partial charge in [-0.25, -0.2) is 5.84 Å². The van der Waals surface area contributed by atoms with E-state index in [-0.39, 0.29) is 0 Å². The number of amidine groups is 1. The van der Waals surface area contributed by atoms with Crippen LogP contribution in [0.5, 0.6) is 0 Å². The van der Waals surface area contributed by atoms with Crippen molar-refractivity contribution in [3.05, 3.63) is 18.0 Å². The van der Waals surface area contributed by atoms with E-state index in [1.807, 2.05) is 13.2 Å². The summed E-state index contributed by atoms with van der Waals surface area (Å²) in [5, 5.41) is 4.10. The number of nitrogens with two attached hydrogens (primary N) is 1. The van der Waals surface area contributed by atoms with Gasteiger partial charge in [0.1, 0.15) is 5.84 Å². The zero-order valence-electron chi connectivity index (χ0n) is 8.98. The second-order valence-electron chi connectivity index (χ2n) is 3.96. The SMILES string of the molecule is Cn1cc(C(=NC2CCCC2)NN)cn1. The molecule has 3 N–H and O–H groups in total. The van der Waals surface area contributed by atoms with Crippen molar-refractivity contribution in [2.24, 2.45) is 17.9 Å². The minimum absolute atomic E-state index is 0.427. The summed E-state index contributed by atoms with van der Waals surface area (Å²) in [5.74, 6) is 6.22. The Bertz CT molecular complexity index is 348. The maximum atomic E-state index is 5.47. The van der Waals surface area contributed by atoms with Crippen LogP contribution in [0.2, 0.25) is 0 Å². The number of nitrogens with zero attached hydrogens (tertiary/aromatic N) is 3. The van der Waals surface area contributed by atoms with Gasteiger partial charge in [-0.3, -0.25) is 9.67 Å². The molecule has 0 atom stereocenters. The third-order valence-corrected chi connectivity index (χ3v) is 2.75. The van der Waals surface area contributed by atoms with Gasteiger partial charge in [0.05, 0.1) is 17.8 Å². The summed E-state index contributed by atoms with van der Waals surface area (Å²) in [4.78, 5) is 4.60. The monoisotopic (exact) mass is 207 g/mol. The molecule has 1 heterocycles. The molecule has 1 fully saturated rings. The van der Waals surface area contributed by atoms with Gasteiger partial charge >= 0.3 is 0 Å². The van der Waals surface area contributed by atoms with Crippen LogP contribution in [-0.2, 0) is 7.05 Å². The number of aryl methyl sites for hydroxylation is 1. The van der Waals surface area contributed by atoms with E-state index in [0.717, 1.165) is 11.4 Å². The molecule has 82 valence electrons. The second-order valence-corrected chi connectivity index (χ2v) is 3.96. The van der Waals surface area contributed by atoms with Gasteiger partial charge in [-0.2, -0.15) is 5.10 Å². The third-order valence-electron chi connectivity index (χ3n) is 2.75. The maximum Gasteiger partial charge on any atom is 0.145 e. The summed E-state index contributed by atoms with van der Waals surface area (Å²) in [7, 11) is 1.88. The average Bonchev–Trinajstić information content (AvgIpc) is 2.85. The van der Waals surface area contributed by atoms with Crippen molar-refractivity contribution in [1.29, 1.82) is 0 Å². The van der Waals surface area contributed by atoms with Crippen molar-refractivity contribution < 1.29 is 0 Å². The molecular formula is C10H17N5. The predicted molar refractivity (Wildman–Crippen MR) is 59.3 cm³/mol. The fourth-order valence-electron chi connectivity index (χ4n) is 1.95. The molecular weight excluding hydrogens is 190 g/mol. The molecule has 0 saturated heterocycles. The summed E-state index contributed by atoms with van der Waals surface area (Å²) >= 11 is 0. The Labute approximate surface area is 89.3 Å². The van der Waals surface area contributed by atoms with Crippen LogP contribution in [0, 0.1) is 0 Å². The van der Waals surface area contributed by atoms with E-state index in [9.17, 15) is 0 Å². The minimum atomic E-state index is 0.427. The standard InChI is InChI=1S/C10H17N5/c1-15-7-8(6-12-15)10(14-11)13-9-4-2-3-5-9/h6-7,9H,2-5,11H2,1H3,(H,13,14). The third kappa shape index (κ3) is 2.36. The lowest BCUT2D eigenvalue weighted by molar-refractivity contribution is 0.700. The zero-order chi connectivity index (χ0) is 10.7. The summed E-state index contributed by atoms with van der Waals surface area (Å²) in [5.41, 5.74) is 3.61. The van der Waals surface area contributed by atoms with Crippen LogP contribution in [0.1, 0.15) is 31.2 Å². The Morgan fingerprint density at radius 3 is 2.87 bits per heavy atom. The number of hydrazine groups is 1. The van der Waals surface area contributed by atoms with Crippen LogP contribution in [0.4, 0.5) is 0 Å². The number of aromatic nitrogens is 2. The number of aliphatic imine (C=N–C) groups is 1. The first kappa shape index (κ1) is 10.2. The van der Waals surface area contributed by atoms with E-state index in [0.29, 0.717) is 6.04 Å². The van der Waals surface area contributed by atoms with Gasteiger partial charge in [-0.1, -0.05) is 12.8 Å². The summed E-state index contributed by atoms with van der Waals surface area (Å²) in [6, 6.07) is 0.427. The Balaban J connectivity index is 2.15. The first-order valence-electron chi connectivity index (χ1n) is 5.33. The first-order chi connectivity index (χ1) is 7.29. The molecule has 0 aliphatic heterocycles. The first-order valence-corrected chi connectivity index (χ1v) is 5.33.